The zero-order valence-electron chi connectivity index (χ0n) is 16.0. The molecule has 4 unspecified atom stereocenters. The van der Waals surface area contributed by atoms with Crippen molar-refractivity contribution < 1.29 is 13.5 Å². The molecule has 2 saturated carbocycles. The average molecular weight is 370 g/mol. The Labute approximate surface area is 160 Å². The minimum Gasteiger partial charge on any atom is -0.489 e. The normalized spacial score (nSPS) is 28.0. The third-order valence-electron chi connectivity index (χ3n) is 6.68. The zero-order chi connectivity index (χ0) is 19.0. The highest BCUT2D eigenvalue weighted by Crippen LogP contribution is 2.48. The fraction of sp³-hybridized carbons (Fsp3) is 0.500. The fourth-order valence-electron chi connectivity index (χ4n) is 5.29. The number of hydrogen-bond donors (Lipinski definition) is 0. The van der Waals surface area contributed by atoms with Crippen LogP contribution in [0.4, 0.5) is 8.78 Å². The summed E-state index contributed by atoms with van der Waals surface area (Å²) in [6.07, 6.45) is 8.70. The Morgan fingerprint density at radius 1 is 1.00 bits per heavy atom. The molecule has 144 valence electrons. The number of fused-ring (bicyclic) bond motifs is 2. The molecule has 0 aliphatic heterocycles. The van der Waals surface area contributed by atoms with Crippen LogP contribution in [0.2, 0.25) is 0 Å². The highest BCUT2D eigenvalue weighted by atomic mass is 19.1. The van der Waals surface area contributed by atoms with Gasteiger partial charge in [0.2, 0.25) is 0 Å². The van der Waals surface area contributed by atoms with Gasteiger partial charge in [-0.25, -0.2) is 8.78 Å². The largest absolute Gasteiger partial charge is 0.489 e. The first-order valence-corrected chi connectivity index (χ1v) is 10.2. The van der Waals surface area contributed by atoms with E-state index in [1.54, 1.807) is 18.2 Å². The Balaban J connectivity index is 1.61. The van der Waals surface area contributed by atoms with Gasteiger partial charge in [0.1, 0.15) is 24.0 Å². The van der Waals surface area contributed by atoms with Crippen LogP contribution in [0.3, 0.4) is 0 Å². The molecule has 2 aliphatic rings. The lowest BCUT2D eigenvalue weighted by Gasteiger charge is -2.41. The smallest absolute Gasteiger partial charge is 0.134 e. The Hall–Kier alpha value is -1.90. The molecule has 4 atom stereocenters. The molecule has 2 aromatic rings. The van der Waals surface area contributed by atoms with Crippen LogP contribution in [0, 0.1) is 29.4 Å². The monoisotopic (exact) mass is 370 g/mol. The second kappa shape index (κ2) is 7.61. The van der Waals surface area contributed by atoms with Gasteiger partial charge in [-0.05, 0) is 84.9 Å². The summed E-state index contributed by atoms with van der Waals surface area (Å²) in [6, 6.07) is 6.30. The maximum Gasteiger partial charge on any atom is 0.134 e. The summed E-state index contributed by atoms with van der Waals surface area (Å²) in [5.41, 5.74) is 0.693. The first kappa shape index (κ1) is 18.5. The van der Waals surface area contributed by atoms with Crippen LogP contribution in [-0.2, 0) is 0 Å². The van der Waals surface area contributed by atoms with Gasteiger partial charge in [0.25, 0.3) is 0 Å². The third kappa shape index (κ3) is 3.74. The van der Waals surface area contributed by atoms with Crippen LogP contribution in [0.5, 0.6) is 5.75 Å². The summed E-state index contributed by atoms with van der Waals surface area (Å²) < 4.78 is 35.0. The number of rotatable bonds is 4. The molecule has 4 rings (SSSR count). The highest BCUT2D eigenvalue weighted by molar-refractivity contribution is 5.85. The molecule has 1 nitrogen and oxygen atoms in total. The second-order valence-corrected chi connectivity index (χ2v) is 8.55. The van der Waals surface area contributed by atoms with Crippen molar-refractivity contribution in [3.8, 4) is 5.75 Å². The van der Waals surface area contributed by atoms with Gasteiger partial charge in [0.15, 0.2) is 0 Å². The maximum atomic E-state index is 14.9. The van der Waals surface area contributed by atoms with Crippen LogP contribution in [-0.4, -0.2) is 6.61 Å². The van der Waals surface area contributed by atoms with Crippen molar-refractivity contribution in [2.75, 3.05) is 6.61 Å². The molecule has 0 spiro atoms. The lowest BCUT2D eigenvalue weighted by atomic mass is 9.64. The van der Waals surface area contributed by atoms with E-state index in [-0.39, 0.29) is 17.6 Å². The van der Waals surface area contributed by atoms with Crippen LogP contribution >= 0.6 is 0 Å². The quantitative estimate of drug-likeness (QED) is 0.526. The third-order valence-corrected chi connectivity index (χ3v) is 6.68. The van der Waals surface area contributed by atoms with Gasteiger partial charge in [0.05, 0.1) is 0 Å². The Bertz CT molecular complexity index is 844. The van der Waals surface area contributed by atoms with E-state index in [1.807, 2.05) is 0 Å². The van der Waals surface area contributed by atoms with Crippen molar-refractivity contribution in [3.63, 3.8) is 0 Å². The summed E-state index contributed by atoms with van der Waals surface area (Å²) in [4.78, 5) is 0. The molecule has 0 amide bonds. The van der Waals surface area contributed by atoms with E-state index in [2.05, 4.69) is 13.5 Å². The molecule has 2 fully saturated rings. The number of ether oxygens (including phenoxy) is 1. The lowest BCUT2D eigenvalue weighted by molar-refractivity contribution is 0.124. The van der Waals surface area contributed by atoms with Crippen LogP contribution in [0.15, 0.2) is 36.9 Å². The van der Waals surface area contributed by atoms with E-state index in [0.29, 0.717) is 34.6 Å². The van der Waals surface area contributed by atoms with E-state index < -0.39 is 0 Å². The van der Waals surface area contributed by atoms with Gasteiger partial charge in [0, 0.05) is 11.5 Å². The molecule has 0 heterocycles. The number of benzene rings is 2. The summed E-state index contributed by atoms with van der Waals surface area (Å²) in [5.74, 6) is 2.38. The molecular weight excluding hydrogens is 342 g/mol. The molecule has 2 aromatic carbocycles. The van der Waals surface area contributed by atoms with Crippen molar-refractivity contribution in [2.45, 2.75) is 51.4 Å². The predicted octanol–water partition coefficient (Wildman–Crippen LogP) is 7.00. The minimum absolute atomic E-state index is 0.208. The van der Waals surface area contributed by atoms with Gasteiger partial charge in [-0.3, -0.25) is 0 Å². The summed E-state index contributed by atoms with van der Waals surface area (Å²) in [5, 5.41) is 1.03. The molecule has 3 heteroatoms. The molecule has 0 radical (unpaired) electrons. The molecule has 0 bridgehead atoms. The fourth-order valence-corrected chi connectivity index (χ4v) is 5.29. The maximum absolute atomic E-state index is 14.9. The average Bonchev–Trinajstić information content (AvgIpc) is 2.65. The van der Waals surface area contributed by atoms with Gasteiger partial charge >= 0.3 is 0 Å². The van der Waals surface area contributed by atoms with Crippen molar-refractivity contribution in [3.05, 3.63) is 54.1 Å². The van der Waals surface area contributed by atoms with E-state index in [9.17, 15) is 8.78 Å². The summed E-state index contributed by atoms with van der Waals surface area (Å²) in [6.45, 7) is 6.24. The molecular formula is C24H28F2O. The summed E-state index contributed by atoms with van der Waals surface area (Å²) >= 11 is 0. The molecule has 2 aliphatic carbocycles. The van der Waals surface area contributed by atoms with Crippen molar-refractivity contribution in [2.24, 2.45) is 17.8 Å². The standard InChI is InChI=1S/C24H28F2O/c1-3-8-27-20-11-19-12-23(25)21(14-22(19)24(26)13-20)18-7-6-16-9-15(2)4-5-17(16)10-18/h3,11-18H,1,4-10H2,2H3. The first-order valence-electron chi connectivity index (χ1n) is 10.2. The van der Waals surface area contributed by atoms with Gasteiger partial charge in [-0.2, -0.15) is 0 Å². The minimum atomic E-state index is -0.354. The summed E-state index contributed by atoms with van der Waals surface area (Å²) in [7, 11) is 0. The SMILES string of the molecule is C=CCOc1cc(F)c2cc(C3CCC4CC(C)CCC4C3)c(F)cc2c1. The Morgan fingerprint density at radius 2 is 1.78 bits per heavy atom. The van der Waals surface area contributed by atoms with Crippen LogP contribution in [0.25, 0.3) is 10.8 Å². The molecule has 27 heavy (non-hydrogen) atoms. The van der Waals surface area contributed by atoms with Crippen molar-refractivity contribution in [1.82, 2.24) is 0 Å². The first-order chi connectivity index (χ1) is 13.0. The van der Waals surface area contributed by atoms with Crippen molar-refractivity contribution >= 4 is 10.8 Å². The van der Waals surface area contributed by atoms with E-state index in [0.717, 1.165) is 24.7 Å². The second-order valence-electron chi connectivity index (χ2n) is 8.55. The topological polar surface area (TPSA) is 9.23 Å². The van der Waals surface area contributed by atoms with Crippen molar-refractivity contribution in [1.29, 1.82) is 0 Å². The molecule has 0 saturated heterocycles. The molecule has 0 N–H and O–H groups in total. The van der Waals surface area contributed by atoms with E-state index in [4.69, 9.17) is 4.74 Å². The van der Waals surface area contributed by atoms with Crippen LogP contribution < -0.4 is 4.74 Å². The van der Waals surface area contributed by atoms with E-state index in [1.165, 1.54) is 37.8 Å². The highest BCUT2D eigenvalue weighted by Gasteiger charge is 2.35. The number of hydrogen-bond acceptors (Lipinski definition) is 1. The predicted molar refractivity (Wildman–Crippen MR) is 106 cm³/mol. The van der Waals surface area contributed by atoms with Gasteiger partial charge in [-0.15, -0.1) is 0 Å². The van der Waals surface area contributed by atoms with E-state index >= 15 is 0 Å². The Morgan fingerprint density at radius 3 is 2.59 bits per heavy atom. The van der Waals surface area contributed by atoms with Gasteiger partial charge < -0.3 is 4.74 Å². The van der Waals surface area contributed by atoms with Crippen LogP contribution in [0.1, 0.15) is 56.9 Å². The molecule has 0 aromatic heterocycles. The lowest BCUT2D eigenvalue weighted by Crippen LogP contribution is -2.29. The van der Waals surface area contributed by atoms with Gasteiger partial charge in [-0.1, -0.05) is 26.0 Å². The number of halogens is 2. The zero-order valence-corrected chi connectivity index (χ0v) is 16.0. The Kier molecular flexibility index (Phi) is 5.21.